The van der Waals surface area contributed by atoms with Gasteiger partial charge in [-0.1, -0.05) is 444 Å². The van der Waals surface area contributed by atoms with Crippen molar-refractivity contribution < 1.29 is 37.6 Å². The molecule has 3 N–H and O–H groups in total. The number of carbonyl (C=O) groups is 2. The SMILES string of the molecule is CCCCCCCCCCCCCCCCCCCCCCCCCCCCCCCCCCCCCCCCCCCC(=O)OC(COC(=O)CCCCCCCCCCCCCCCCCCCCCCCCCCCCCC)COP(=O)(O)OCCN. The van der Waals surface area contributed by atoms with Crippen molar-refractivity contribution in [3.8, 4) is 0 Å². The Labute approximate surface area is 562 Å². The van der Waals surface area contributed by atoms with E-state index in [0.29, 0.717) is 12.8 Å². The van der Waals surface area contributed by atoms with Gasteiger partial charge in [0.25, 0.3) is 0 Å². The average Bonchev–Trinajstić information content (AvgIpc) is 3.68. The van der Waals surface area contributed by atoms with Gasteiger partial charge in [-0.15, -0.1) is 0 Å². The van der Waals surface area contributed by atoms with Crippen molar-refractivity contribution >= 4 is 19.8 Å². The zero-order valence-corrected chi connectivity index (χ0v) is 61.8. The first-order valence-corrected chi connectivity index (χ1v) is 42.5. The maximum atomic E-state index is 12.8. The fraction of sp³-hybridized carbons (Fsp3) is 0.975. The standard InChI is InChI=1S/C80H160NO8P/c1-3-5-7-9-11-13-15-17-19-21-23-25-27-29-31-33-34-35-36-37-38-39-40-41-42-43-44-45-47-49-51-53-55-57-59-61-63-65-67-69-71-73-80(83)89-78(77-88-90(84,85)87-75-74-81)76-86-79(82)72-70-68-66-64-62-60-58-56-54-52-50-48-46-32-30-28-26-24-22-20-18-16-14-12-10-8-6-4-2/h78H,3-77,81H2,1-2H3,(H,84,85). The van der Waals surface area contributed by atoms with E-state index in [1.165, 1.54) is 405 Å². The summed E-state index contributed by atoms with van der Waals surface area (Å²) in [6, 6.07) is 0. The van der Waals surface area contributed by atoms with E-state index in [1.807, 2.05) is 0 Å². The summed E-state index contributed by atoms with van der Waals surface area (Å²) in [5.41, 5.74) is 5.42. The van der Waals surface area contributed by atoms with Crippen molar-refractivity contribution in [2.75, 3.05) is 26.4 Å². The number of rotatable bonds is 80. The third kappa shape index (κ3) is 76.0. The normalized spacial score (nSPS) is 12.7. The van der Waals surface area contributed by atoms with Gasteiger partial charge in [-0.25, -0.2) is 4.57 Å². The van der Waals surface area contributed by atoms with E-state index < -0.39 is 26.5 Å². The summed E-state index contributed by atoms with van der Waals surface area (Å²) >= 11 is 0. The van der Waals surface area contributed by atoms with Crippen LogP contribution in [0.25, 0.3) is 0 Å². The zero-order valence-electron chi connectivity index (χ0n) is 60.9. The summed E-state index contributed by atoms with van der Waals surface area (Å²) in [5.74, 6) is -0.794. The number of carbonyl (C=O) groups excluding carboxylic acids is 2. The Balaban J connectivity index is 3.69. The molecule has 0 bridgehead atoms. The molecule has 0 aliphatic heterocycles. The number of phosphoric acid groups is 1. The Morgan fingerprint density at radius 3 is 0.678 bits per heavy atom. The van der Waals surface area contributed by atoms with E-state index in [9.17, 15) is 19.0 Å². The van der Waals surface area contributed by atoms with E-state index in [2.05, 4.69) is 13.8 Å². The van der Waals surface area contributed by atoms with Crippen LogP contribution in [0.2, 0.25) is 0 Å². The minimum absolute atomic E-state index is 0.0590. The van der Waals surface area contributed by atoms with Crippen LogP contribution in [0, 0.1) is 0 Å². The molecule has 0 rings (SSSR count). The van der Waals surface area contributed by atoms with Crippen LogP contribution in [-0.4, -0.2) is 49.3 Å². The Kier molecular flexibility index (Phi) is 76.2. The second kappa shape index (κ2) is 77.0. The monoisotopic (exact) mass is 1290 g/mol. The van der Waals surface area contributed by atoms with Crippen LogP contribution in [0.3, 0.4) is 0 Å². The average molecular weight is 1300 g/mol. The van der Waals surface area contributed by atoms with Crippen LogP contribution < -0.4 is 5.73 Å². The van der Waals surface area contributed by atoms with Gasteiger partial charge in [0, 0.05) is 19.4 Å². The quantitative estimate of drug-likeness (QED) is 0.0347. The first-order valence-electron chi connectivity index (χ1n) is 41.0. The van der Waals surface area contributed by atoms with E-state index in [0.717, 1.165) is 32.1 Å². The van der Waals surface area contributed by atoms with Gasteiger partial charge in [0.2, 0.25) is 0 Å². The van der Waals surface area contributed by atoms with Crippen molar-refractivity contribution in [2.24, 2.45) is 5.73 Å². The van der Waals surface area contributed by atoms with Crippen LogP contribution >= 0.6 is 7.82 Å². The first kappa shape index (κ1) is 89.0. The Bertz CT molecular complexity index is 1430. The van der Waals surface area contributed by atoms with Crippen LogP contribution in [0.5, 0.6) is 0 Å². The lowest BCUT2D eigenvalue weighted by Gasteiger charge is -2.19. The van der Waals surface area contributed by atoms with Gasteiger partial charge in [-0.3, -0.25) is 18.6 Å². The maximum Gasteiger partial charge on any atom is 0.472 e. The lowest BCUT2D eigenvalue weighted by Crippen LogP contribution is -2.29. The van der Waals surface area contributed by atoms with E-state index in [1.54, 1.807) is 0 Å². The van der Waals surface area contributed by atoms with Gasteiger partial charge in [0.1, 0.15) is 6.61 Å². The number of nitrogens with two attached hydrogens (primary N) is 1. The minimum atomic E-state index is -4.39. The Morgan fingerprint density at radius 2 is 0.478 bits per heavy atom. The van der Waals surface area contributed by atoms with Crippen molar-refractivity contribution in [2.45, 2.75) is 476 Å². The number of esters is 2. The molecule has 0 amide bonds. The third-order valence-electron chi connectivity index (χ3n) is 19.2. The molecule has 10 heteroatoms. The molecular formula is C80H160NO8P. The molecule has 0 aliphatic rings. The number of hydrogen-bond acceptors (Lipinski definition) is 8. The van der Waals surface area contributed by atoms with Crippen molar-refractivity contribution in [3.05, 3.63) is 0 Å². The van der Waals surface area contributed by atoms with Crippen LogP contribution in [0.1, 0.15) is 470 Å². The topological polar surface area (TPSA) is 134 Å². The molecule has 90 heavy (non-hydrogen) atoms. The molecule has 9 nitrogen and oxygen atoms in total. The molecule has 0 aliphatic carbocycles. The summed E-state index contributed by atoms with van der Waals surface area (Å²) in [6.45, 7) is 3.86. The Hall–Kier alpha value is -0.990. The number of unbranched alkanes of at least 4 members (excludes halogenated alkanes) is 67. The summed E-state index contributed by atoms with van der Waals surface area (Å²) in [6.07, 6.45) is 94.2. The predicted octanol–water partition coefficient (Wildman–Crippen LogP) is 27.3. The highest BCUT2D eigenvalue weighted by molar-refractivity contribution is 7.47. The zero-order chi connectivity index (χ0) is 65.1. The molecule has 0 aromatic heterocycles. The van der Waals surface area contributed by atoms with Gasteiger partial charge in [-0.05, 0) is 12.8 Å². The summed E-state index contributed by atoms with van der Waals surface area (Å²) < 4.78 is 33.3. The molecule has 0 aromatic rings. The summed E-state index contributed by atoms with van der Waals surface area (Å²) in [5, 5.41) is 0. The first-order chi connectivity index (χ1) is 44.3. The van der Waals surface area contributed by atoms with Crippen molar-refractivity contribution in [3.63, 3.8) is 0 Å². The molecule has 0 heterocycles. The second-order valence-corrected chi connectivity index (χ2v) is 29.8. The highest BCUT2D eigenvalue weighted by Crippen LogP contribution is 2.43. The van der Waals surface area contributed by atoms with Crippen molar-refractivity contribution in [1.82, 2.24) is 0 Å². The lowest BCUT2D eigenvalue weighted by atomic mass is 10.0. The van der Waals surface area contributed by atoms with Crippen molar-refractivity contribution in [1.29, 1.82) is 0 Å². The van der Waals surface area contributed by atoms with Gasteiger partial charge in [0.15, 0.2) is 6.10 Å². The maximum absolute atomic E-state index is 12.8. The van der Waals surface area contributed by atoms with Crippen LogP contribution in [0.15, 0.2) is 0 Å². The number of hydrogen-bond donors (Lipinski definition) is 2. The molecule has 0 spiro atoms. The van der Waals surface area contributed by atoms with E-state index >= 15 is 0 Å². The lowest BCUT2D eigenvalue weighted by molar-refractivity contribution is -0.161. The number of ether oxygens (including phenoxy) is 2. The molecule has 538 valence electrons. The highest BCUT2D eigenvalue weighted by atomic mass is 31.2. The minimum Gasteiger partial charge on any atom is -0.462 e. The highest BCUT2D eigenvalue weighted by Gasteiger charge is 2.26. The van der Waals surface area contributed by atoms with Gasteiger partial charge < -0.3 is 20.1 Å². The fourth-order valence-electron chi connectivity index (χ4n) is 13.2. The van der Waals surface area contributed by atoms with Gasteiger partial charge in [0.05, 0.1) is 13.2 Å². The van der Waals surface area contributed by atoms with Gasteiger partial charge >= 0.3 is 19.8 Å². The molecule has 0 saturated carbocycles. The summed E-state index contributed by atoms with van der Waals surface area (Å²) in [4.78, 5) is 35.4. The van der Waals surface area contributed by atoms with Crippen LogP contribution in [-0.2, 0) is 32.7 Å². The smallest absolute Gasteiger partial charge is 0.462 e. The largest absolute Gasteiger partial charge is 0.472 e. The fourth-order valence-corrected chi connectivity index (χ4v) is 13.9. The molecule has 0 aromatic carbocycles. The second-order valence-electron chi connectivity index (χ2n) is 28.4. The molecule has 2 atom stereocenters. The molecule has 0 radical (unpaired) electrons. The summed E-state index contributed by atoms with van der Waals surface area (Å²) in [7, 11) is -4.39. The predicted molar refractivity (Wildman–Crippen MR) is 391 cm³/mol. The molecule has 0 fully saturated rings. The van der Waals surface area contributed by atoms with Gasteiger partial charge in [-0.2, -0.15) is 0 Å². The Morgan fingerprint density at radius 1 is 0.289 bits per heavy atom. The van der Waals surface area contributed by atoms with E-state index in [-0.39, 0.29) is 32.1 Å². The third-order valence-corrected chi connectivity index (χ3v) is 20.2. The number of phosphoric ester groups is 1. The van der Waals surface area contributed by atoms with E-state index in [4.69, 9.17) is 24.3 Å². The molecule has 2 unspecified atom stereocenters. The molecular weight excluding hydrogens is 1130 g/mol. The van der Waals surface area contributed by atoms with Crippen LogP contribution in [0.4, 0.5) is 0 Å². The molecule has 0 saturated heterocycles.